The van der Waals surface area contributed by atoms with Gasteiger partial charge in [0.2, 0.25) is 0 Å². The van der Waals surface area contributed by atoms with E-state index in [9.17, 15) is 19.0 Å². The third kappa shape index (κ3) is 35.3. The molecule has 0 amide bonds. The Labute approximate surface area is 298 Å². The van der Waals surface area contributed by atoms with Gasteiger partial charge in [-0.3, -0.25) is 18.6 Å². The summed E-state index contributed by atoms with van der Waals surface area (Å²) in [7, 11) is 1.43. The number of unbranched alkanes of at least 4 members (excludes halogenated alkanes) is 8. The van der Waals surface area contributed by atoms with Crippen LogP contribution in [0.1, 0.15) is 123 Å². The molecule has 1 N–H and O–H groups in total. The first-order valence-electron chi connectivity index (χ1n) is 18.5. The first-order valence-corrected chi connectivity index (χ1v) is 20.0. The van der Waals surface area contributed by atoms with E-state index in [1.165, 1.54) is 25.7 Å². The molecule has 0 radical (unpaired) electrons. The van der Waals surface area contributed by atoms with Crippen molar-refractivity contribution in [2.24, 2.45) is 0 Å². The van der Waals surface area contributed by atoms with Gasteiger partial charge < -0.3 is 18.9 Å². The van der Waals surface area contributed by atoms with E-state index in [1.807, 2.05) is 27.2 Å². The fourth-order valence-electron chi connectivity index (χ4n) is 4.40. The second-order valence-electron chi connectivity index (χ2n) is 13.2. The number of carbonyl (C=O) groups excluding carboxylic acids is 2. The van der Waals surface area contributed by atoms with Crippen LogP contribution in [0, 0.1) is 0 Å². The maximum Gasteiger partial charge on any atom is 0.472 e. The van der Waals surface area contributed by atoms with Crippen LogP contribution in [-0.4, -0.2) is 74.9 Å². The first-order chi connectivity index (χ1) is 23.5. The van der Waals surface area contributed by atoms with Crippen LogP contribution in [0.4, 0.5) is 0 Å². The molecule has 0 aromatic rings. The van der Waals surface area contributed by atoms with Gasteiger partial charge in [-0.15, -0.1) is 0 Å². The highest BCUT2D eigenvalue weighted by Gasteiger charge is 2.27. The molecule has 2 atom stereocenters. The molecule has 0 aliphatic carbocycles. The monoisotopic (exact) mass is 710 g/mol. The van der Waals surface area contributed by atoms with Gasteiger partial charge in [-0.2, -0.15) is 0 Å². The number of phosphoric acid groups is 1. The number of nitrogens with zero attached hydrogens (tertiary/aromatic N) is 1. The van der Waals surface area contributed by atoms with Gasteiger partial charge in [0.1, 0.15) is 19.8 Å². The molecule has 49 heavy (non-hydrogen) atoms. The van der Waals surface area contributed by atoms with Gasteiger partial charge in [0, 0.05) is 12.8 Å². The van der Waals surface area contributed by atoms with Gasteiger partial charge in [-0.25, -0.2) is 4.57 Å². The van der Waals surface area contributed by atoms with E-state index < -0.39 is 32.5 Å². The average Bonchev–Trinajstić information content (AvgIpc) is 3.04. The van der Waals surface area contributed by atoms with E-state index in [0.29, 0.717) is 23.9 Å². The van der Waals surface area contributed by atoms with Crippen LogP contribution < -0.4 is 0 Å². The Morgan fingerprint density at radius 1 is 0.653 bits per heavy atom. The minimum Gasteiger partial charge on any atom is -0.462 e. The van der Waals surface area contributed by atoms with Crippen molar-refractivity contribution in [2.75, 3.05) is 47.5 Å². The Balaban J connectivity index is 4.51. The molecule has 0 spiro atoms. The van der Waals surface area contributed by atoms with Crippen LogP contribution in [0.3, 0.4) is 0 Å². The molecular formula is C39H69NO8P+. The smallest absolute Gasteiger partial charge is 0.462 e. The molecule has 0 fully saturated rings. The summed E-state index contributed by atoms with van der Waals surface area (Å²) in [5.41, 5.74) is 0. The fourth-order valence-corrected chi connectivity index (χ4v) is 5.14. The fraction of sp³-hybridized carbons (Fsp3) is 0.692. The normalized spacial score (nSPS) is 14.5. The molecule has 0 heterocycles. The largest absolute Gasteiger partial charge is 0.472 e. The molecule has 0 saturated carbocycles. The van der Waals surface area contributed by atoms with Gasteiger partial charge in [0.25, 0.3) is 0 Å². The molecule has 0 bridgehead atoms. The number of likely N-dealkylation sites (N-methyl/N-ethyl adjacent to an activating group) is 1. The summed E-state index contributed by atoms with van der Waals surface area (Å²) >= 11 is 0. The lowest BCUT2D eigenvalue weighted by Gasteiger charge is -2.24. The van der Waals surface area contributed by atoms with Crippen LogP contribution in [0.5, 0.6) is 0 Å². The van der Waals surface area contributed by atoms with Crippen LogP contribution in [0.2, 0.25) is 0 Å². The van der Waals surface area contributed by atoms with Crippen molar-refractivity contribution in [1.82, 2.24) is 0 Å². The minimum atomic E-state index is -4.38. The maximum absolute atomic E-state index is 12.5. The number of phosphoric ester groups is 1. The van der Waals surface area contributed by atoms with Crippen molar-refractivity contribution >= 4 is 19.8 Å². The lowest BCUT2D eigenvalue weighted by Crippen LogP contribution is -2.37. The predicted octanol–water partition coefficient (Wildman–Crippen LogP) is 9.73. The number of hydrogen-bond acceptors (Lipinski definition) is 7. The summed E-state index contributed by atoms with van der Waals surface area (Å²) in [6.45, 7) is 4.17. The highest BCUT2D eigenvalue weighted by molar-refractivity contribution is 7.47. The van der Waals surface area contributed by atoms with Crippen molar-refractivity contribution in [3.8, 4) is 0 Å². The lowest BCUT2D eigenvalue weighted by atomic mass is 10.1. The molecule has 0 saturated heterocycles. The SMILES string of the molecule is CC/C=C/C/C=C/C/C=C/C/C=C/C/C=C/CCCC(=O)OC[C@@H](COP(=O)(O)OCC[N+](C)(C)C)OC(=O)CCCCCCCCCC. The van der Waals surface area contributed by atoms with Crippen molar-refractivity contribution in [2.45, 2.75) is 129 Å². The Morgan fingerprint density at radius 2 is 1.16 bits per heavy atom. The summed E-state index contributed by atoms with van der Waals surface area (Å²) in [5.74, 6) is -0.879. The van der Waals surface area contributed by atoms with E-state index in [-0.39, 0.29) is 26.1 Å². The molecule has 0 aromatic heterocycles. The average molecular weight is 711 g/mol. The quantitative estimate of drug-likeness (QED) is 0.0242. The van der Waals surface area contributed by atoms with Gasteiger partial charge in [0.15, 0.2) is 6.10 Å². The molecule has 0 aliphatic rings. The Morgan fingerprint density at radius 3 is 1.71 bits per heavy atom. The lowest BCUT2D eigenvalue weighted by molar-refractivity contribution is -0.870. The number of esters is 2. The topological polar surface area (TPSA) is 108 Å². The molecule has 0 rings (SSSR count). The van der Waals surface area contributed by atoms with Crippen LogP contribution in [-0.2, 0) is 32.7 Å². The van der Waals surface area contributed by atoms with Crippen LogP contribution in [0.15, 0.2) is 60.8 Å². The van der Waals surface area contributed by atoms with Crippen LogP contribution >= 0.6 is 7.82 Å². The number of carbonyl (C=O) groups is 2. The van der Waals surface area contributed by atoms with E-state index in [2.05, 4.69) is 68.5 Å². The number of hydrogen-bond donors (Lipinski definition) is 1. The second-order valence-corrected chi connectivity index (χ2v) is 14.7. The third-order valence-electron chi connectivity index (χ3n) is 7.31. The number of allylic oxidation sites excluding steroid dienone is 10. The molecule has 9 nitrogen and oxygen atoms in total. The number of quaternary nitrogens is 1. The van der Waals surface area contributed by atoms with E-state index in [1.54, 1.807) is 0 Å². The number of rotatable bonds is 32. The van der Waals surface area contributed by atoms with Crippen molar-refractivity contribution in [3.05, 3.63) is 60.8 Å². The van der Waals surface area contributed by atoms with Crippen molar-refractivity contribution in [3.63, 3.8) is 0 Å². The molecule has 282 valence electrons. The third-order valence-corrected chi connectivity index (χ3v) is 8.30. The predicted molar refractivity (Wildman–Crippen MR) is 201 cm³/mol. The van der Waals surface area contributed by atoms with Gasteiger partial charge in [0.05, 0.1) is 27.7 Å². The van der Waals surface area contributed by atoms with Gasteiger partial charge in [-0.1, -0.05) is 120 Å². The first kappa shape index (κ1) is 46.7. The molecule has 10 heteroatoms. The van der Waals surface area contributed by atoms with Crippen molar-refractivity contribution < 1.29 is 42.1 Å². The Hall–Kier alpha value is -2.29. The van der Waals surface area contributed by atoms with E-state index >= 15 is 0 Å². The zero-order chi connectivity index (χ0) is 36.5. The van der Waals surface area contributed by atoms with E-state index in [0.717, 1.165) is 57.8 Å². The summed E-state index contributed by atoms with van der Waals surface area (Å²) in [6.07, 6.45) is 35.8. The van der Waals surface area contributed by atoms with Gasteiger partial charge in [-0.05, 0) is 51.4 Å². The summed E-state index contributed by atoms with van der Waals surface area (Å²) in [5, 5.41) is 0. The summed E-state index contributed by atoms with van der Waals surface area (Å²) in [6, 6.07) is 0. The highest BCUT2D eigenvalue weighted by atomic mass is 31.2. The Bertz CT molecular complexity index is 1030. The molecule has 1 unspecified atom stereocenters. The zero-order valence-corrected chi connectivity index (χ0v) is 32.3. The Kier molecular flexibility index (Phi) is 30.2. The minimum absolute atomic E-state index is 0.0209. The zero-order valence-electron chi connectivity index (χ0n) is 31.4. The summed E-state index contributed by atoms with van der Waals surface area (Å²) in [4.78, 5) is 35.0. The molecular weight excluding hydrogens is 641 g/mol. The highest BCUT2D eigenvalue weighted by Crippen LogP contribution is 2.43. The molecule has 0 aromatic carbocycles. The molecule has 0 aliphatic heterocycles. The standard InChI is InChI=1S/C39H68NO8P/c1-6-8-10-12-14-16-17-18-19-20-21-22-23-24-26-27-29-31-38(41)45-35-37(36-47-49(43,44)46-34-33-40(3,4)5)48-39(42)32-30-28-25-15-13-11-9-7-2/h8,10,14,16,18-19,21-22,24,26,37H,6-7,9,11-13,15,17,20,23,25,27-36H2,1-5H3/p+1/b10-8+,16-14+,19-18+,22-21+,26-24+/t37-/m0/s1. The van der Waals surface area contributed by atoms with Crippen molar-refractivity contribution in [1.29, 1.82) is 0 Å². The maximum atomic E-state index is 12.5. The summed E-state index contributed by atoms with van der Waals surface area (Å²) < 4.78 is 34.0. The van der Waals surface area contributed by atoms with Gasteiger partial charge >= 0.3 is 19.8 Å². The van der Waals surface area contributed by atoms with Crippen LogP contribution in [0.25, 0.3) is 0 Å². The number of ether oxygens (including phenoxy) is 2. The second kappa shape index (κ2) is 31.7. The van der Waals surface area contributed by atoms with E-state index in [4.69, 9.17) is 18.5 Å².